The van der Waals surface area contributed by atoms with Gasteiger partial charge in [0.15, 0.2) is 6.10 Å². The Bertz CT molecular complexity index is 867. The normalized spacial score (nSPS) is 12.8. The smallest absolute Gasteiger partial charge is 0.331 e. The van der Waals surface area contributed by atoms with Crippen LogP contribution >= 0.6 is 11.6 Å². The number of nitrogens with zero attached hydrogens (tertiary/aromatic N) is 2. The van der Waals surface area contributed by atoms with Gasteiger partial charge in [-0.2, -0.15) is 5.10 Å². The molecule has 0 saturated heterocycles. The van der Waals surface area contributed by atoms with E-state index in [4.69, 9.17) is 16.3 Å². The lowest BCUT2D eigenvalue weighted by Crippen LogP contribution is -2.46. The molecule has 150 valence electrons. The number of aromatic nitrogens is 2. The molecule has 0 saturated carbocycles. The fourth-order valence-corrected chi connectivity index (χ4v) is 2.80. The zero-order chi connectivity index (χ0) is 20.9. The molecule has 2 rings (SSSR count). The van der Waals surface area contributed by atoms with Crippen molar-refractivity contribution in [2.45, 2.75) is 52.8 Å². The van der Waals surface area contributed by atoms with Crippen LogP contribution in [0.1, 0.15) is 44.5 Å². The summed E-state index contributed by atoms with van der Waals surface area (Å²) < 4.78 is 6.83. The Labute approximate surface area is 170 Å². The molecule has 1 aromatic carbocycles. The minimum absolute atomic E-state index is 0.348. The van der Waals surface area contributed by atoms with Crippen molar-refractivity contribution in [2.24, 2.45) is 0 Å². The molecule has 1 atom stereocenters. The first kappa shape index (κ1) is 21.7. The summed E-state index contributed by atoms with van der Waals surface area (Å²) in [5.41, 5.74) is 2.01. The van der Waals surface area contributed by atoms with Gasteiger partial charge in [-0.15, -0.1) is 0 Å². The summed E-state index contributed by atoms with van der Waals surface area (Å²) in [6.45, 7) is 9.45. The summed E-state index contributed by atoms with van der Waals surface area (Å²) in [5, 5.41) is 7.63. The average Bonchev–Trinajstić information content (AvgIpc) is 2.86. The molecule has 0 fully saturated rings. The van der Waals surface area contributed by atoms with Crippen LogP contribution in [0.5, 0.6) is 0 Å². The Morgan fingerprint density at radius 3 is 2.54 bits per heavy atom. The molecule has 1 N–H and O–H groups in total. The van der Waals surface area contributed by atoms with E-state index in [2.05, 4.69) is 10.4 Å². The fourth-order valence-electron chi connectivity index (χ4n) is 2.51. The number of aryl methyl sites for hydroxylation is 1. The Morgan fingerprint density at radius 2 is 1.93 bits per heavy atom. The summed E-state index contributed by atoms with van der Waals surface area (Å²) in [7, 11) is 0. The van der Waals surface area contributed by atoms with Crippen molar-refractivity contribution < 1.29 is 14.3 Å². The molecule has 6 nitrogen and oxygen atoms in total. The number of halogens is 1. The Kier molecular flexibility index (Phi) is 7.02. The average molecular weight is 404 g/mol. The van der Waals surface area contributed by atoms with E-state index >= 15 is 0 Å². The van der Waals surface area contributed by atoms with Crippen LogP contribution in [-0.4, -0.2) is 33.3 Å². The van der Waals surface area contributed by atoms with Crippen LogP contribution in [-0.2, 0) is 20.9 Å². The molecule has 0 radical (unpaired) electrons. The SMILES string of the molecule is Cc1nn(Cc2ccccc2)c(Cl)c1/C=C/C(=O)O[C@@H](C)C(=O)NC(C)(C)C. The van der Waals surface area contributed by atoms with E-state index in [1.54, 1.807) is 10.8 Å². The molecule has 1 aromatic heterocycles. The monoisotopic (exact) mass is 403 g/mol. The number of hydrogen-bond acceptors (Lipinski definition) is 4. The minimum atomic E-state index is -0.895. The Morgan fingerprint density at radius 1 is 1.29 bits per heavy atom. The topological polar surface area (TPSA) is 73.2 Å². The van der Waals surface area contributed by atoms with Crippen LogP contribution in [0.15, 0.2) is 36.4 Å². The molecule has 7 heteroatoms. The van der Waals surface area contributed by atoms with Gasteiger partial charge in [-0.05, 0) is 46.3 Å². The number of amides is 1. The van der Waals surface area contributed by atoms with Gasteiger partial charge in [0.2, 0.25) is 0 Å². The molecule has 1 heterocycles. The third-order valence-electron chi connectivity index (χ3n) is 3.83. The third-order valence-corrected chi connectivity index (χ3v) is 4.23. The van der Waals surface area contributed by atoms with Crippen molar-refractivity contribution in [1.29, 1.82) is 0 Å². The summed E-state index contributed by atoms with van der Waals surface area (Å²) in [6.07, 6.45) is 1.92. The van der Waals surface area contributed by atoms with E-state index < -0.39 is 17.6 Å². The first-order chi connectivity index (χ1) is 13.1. The molecule has 28 heavy (non-hydrogen) atoms. The summed E-state index contributed by atoms with van der Waals surface area (Å²) in [6, 6.07) is 9.83. The van der Waals surface area contributed by atoms with Crippen molar-refractivity contribution in [3.05, 3.63) is 58.4 Å². The second-order valence-corrected chi connectivity index (χ2v) is 7.94. The lowest BCUT2D eigenvalue weighted by Gasteiger charge is -2.22. The highest BCUT2D eigenvalue weighted by Crippen LogP contribution is 2.22. The van der Waals surface area contributed by atoms with E-state index in [1.807, 2.05) is 58.0 Å². The summed E-state index contributed by atoms with van der Waals surface area (Å²) in [5.74, 6) is -0.970. The van der Waals surface area contributed by atoms with Gasteiger partial charge in [-0.25, -0.2) is 9.48 Å². The second kappa shape index (κ2) is 9.06. The summed E-state index contributed by atoms with van der Waals surface area (Å²) >= 11 is 6.42. The summed E-state index contributed by atoms with van der Waals surface area (Å²) in [4.78, 5) is 24.1. The number of rotatable bonds is 6. The molecule has 2 aromatic rings. The van der Waals surface area contributed by atoms with Gasteiger partial charge in [0.1, 0.15) is 5.15 Å². The third kappa shape index (κ3) is 6.23. The number of carbonyl (C=O) groups is 2. The molecule has 0 aliphatic heterocycles. The Balaban J connectivity index is 2.03. The van der Waals surface area contributed by atoms with Crippen molar-refractivity contribution in [1.82, 2.24) is 15.1 Å². The predicted molar refractivity (Wildman–Crippen MR) is 110 cm³/mol. The van der Waals surface area contributed by atoms with Crippen molar-refractivity contribution in [2.75, 3.05) is 0 Å². The highest BCUT2D eigenvalue weighted by Gasteiger charge is 2.21. The lowest BCUT2D eigenvalue weighted by atomic mass is 10.1. The van der Waals surface area contributed by atoms with E-state index in [9.17, 15) is 9.59 Å². The van der Waals surface area contributed by atoms with Gasteiger partial charge in [-0.1, -0.05) is 41.9 Å². The molecule has 0 spiro atoms. The first-order valence-electron chi connectivity index (χ1n) is 9.04. The number of nitrogens with one attached hydrogen (secondary N) is 1. The van der Waals surface area contributed by atoms with Crippen molar-refractivity contribution in [3.63, 3.8) is 0 Å². The van der Waals surface area contributed by atoms with Gasteiger partial charge >= 0.3 is 5.97 Å². The van der Waals surface area contributed by atoms with Crippen LogP contribution in [0.2, 0.25) is 5.15 Å². The largest absolute Gasteiger partial charge is 0.449 e. The maximum atomic E-state index is 12.1. The van der Waals surface area contributed by atoms with Crippen LogP contribution < -0.4 is 5.32 Å². The predicted octanol–water partition coefficient (Wildman–Crippen LogP) is 3.75. The molecule has 0 aliphatic rings. The zero-order valence-electron chi connectivity index (χ0n) is 16.8. The number of ether oxygens (including phenoxy) is 1. The number of hydrogen-bond donors (Lipinski definition) is 1. The van der Waals surface area contributed by atoms with Crippen molar-refractivity contribution in [3.8, 4) is 0 Å². The highest BCUT2D eigenvalue weighted by atomic mass is 35.5. The van der Waals surface area contributed by atoms with E-state index in [1.165, 1.54) is 13.0 Å². The van der Waals surface area contributed by atoms with Crippen LogP contribution in [0.4, 0.5) is 0 Å². The molecular weight excluding hydrogens is 378 g/mol. The minimum Gasteiger partial charge on any atom is -0.449 e. The molecule has 0 aliphatic carbocycles. The number of esters is 1. The zero-order valence-corrected chi connectivity index (χ0v) is 17.6. The van der Waals surface area contributed by atoms with Crippen LogP contribution in [0, 0.1) is 6.92 Å². The van der Waals surface area contributed by atoms with Gasteiger partial charge in [0.05, 0.1) is 12.2 Å². The quantitative estimate of drug-likeness (QED) is 0.588. The van der Waals surface area contributed by atoms with E-state index in [0.29, 0.717) is 23.0 Å². The van der Waals surface area contributed by atoms with Crippen LogP contribution in [0.25, 0.3) is 6.08 Å². The Hall–Kier alpha value is -2.60. The lowest BCUT2D eigenvalue weighted by molar-refractivity contribution is -0.150. The second-order valence-electron chi connectivity index (χ2n) is 7.58. The standard InChI is InChI=1S/C21H26ClN3O3/c1-14-17(19(22)25(24-14)13-16-9-7-6-8-10-16)11-12-18(26)28-15(2)20(27)23-21(3,4)5/h6-12,15H,13H2,1-5H3,(H,23,27)/b12-11+/t15-/m0/s1. The molecular formula is C21H26ClN3O3. The van der Waals surface area contributed by atoms with E-state index in [0.717, 1.165) is 5.56 Å². The van der Waals surface area contributed by atoms with Crippen LogP contribution in [0.3, 0.4) is 0 Å². The van der Waals surface area contributed by atoms with Crippen molar-refractivity contribution >= 4 is 29.6 Å². The first-order valence-corrected chi connectivity index (χ1v) is 9.42. The molecule has 0 bridgehead atoms. The van der Waals surface area contributed by atoms with Gasteiger partial charge < -0.3 is 10.1 Å². The fraction of sp³-hybridized carbons (Fsp3) is 0.381. The molecule has 1 amide bonds. The maximum absolute atomic E-state index is 12.1. The van der Waals surface area contributed by atoms with Gasteiger partial charge in [-0.3, -0.25) is 4.79 Å². The maximum Gasteiger partial charge on any atom is 0.331 e. The highest BCUT2D eigenvalue weighted by molar-refractivity contribution is 6.31. The molecule has 0 unspecified atom stereocenters. The van der Waals surface area contributed by atoms with E-state index in [-0.39, 0.29) is 5.91 Å². The number of carbonyl (C=O) groups excluding carboxylic acids is 2. The van der Waals surface area contributed by atoms with Gasteiger partial charge in [0.25, 0.3) is 5.91 Å². The number of benzene rings is 1. The van der Waals surface area contributed by atoms with Gasteiger partial charge in [0, 0.05) is 17.2 Å².